The van der Waals surface area contributed by atoms with E-state index in [9.17, 15) is 0 Å². The van der Waals surface area contributed by atoms with Crippen molar-refractivity contribution in [1.29, 1.82) is 0 Å². The Bertz CT molecular complexity index is 336. The molecule has 0 spiro atoms. The highest BCUT2D eigenvalue weighted by atomic mass is 32.1. The van der Waals surface area contributed by atoms with Crippen LogP contribution in [0.3, 0.4) is 0 Å². The van der Waals surface area contributed by atoms with Crippen LogP contribution >= 0.6 is 11.3 Å². The van der Waals surface area contributed by atoms with Crippen molar-refractivity contribution >= 4 is 11.3 Å². The van der Waals surface area contributed by atoms with Gasteiger partial charge in [0.25, 0.3) is 0 Å². The van der Waals surface area contributed by atoms with Crippen molar-refractivity contribution < 1.29 is 0 Å². The molecule has 0 N–H and O–H groups in total. The van der Waals surface area contributed by atoms with E-state index in [4.69, 9.17) is 4.98 Å². The van der Waals surface area contributed by atoms with E-state index in [1.807, 2.05) is 11.3 Å². The zero-order chi connectivity index (χ0) is 9.05. The van der Waals surface area contributed by atoms with Crippen LogP contribution in [0, 0.1) is 5.41 Å². The zero-order valence-electron chi connectivity index (χ0n) is 8.21. The molecule has 1 atom stereocenters. The summed E-state index contributed by atoms with van der Waals surface area (Å²) in [6.07, 6.45) is 4.08. The van der Waals surface area contributed by atoms with Crippen molar-refractivity contribution in [2.75, 3.05) is 0 Å². The molecule has 2 heteroatoms. The van der Waals surface area contributed by atoms with Crippen LogP contribution in [0.25, 0.3) is 0 Å². The minimum Gasteiger partial charge on any atom is -0.246 e. The van der Waals surface area contributed by atoms with E-state index in [1.54, 1.807) is 0 Å². The molecule has 0 radical (unpaired) electrons. The first-order valence-electron chi connectivity index (χ1n) is 5.12. The Labute approximate surface area is 83.2 Å². The van der Waals surface area contributed by atoms with Gasteiger partial charge in [0.1, 0.15) is 0 Å². The third-order valence-electron chi connectivity index (χ3n) is 3.35. The minimum absolute atomic E-state index is 0.540. The first-order valence-corrected chi connectivity index (χ1v) is 6.00. The van der Waals surface area contributed by atoms with Gasteiger partial charge in [0.15, 0.2) is 0 Å². The lowest BCUT2D eigenvalue weighted by Crippen LogP contribution is -1.89. The van der Waals surface area contributed by atoms with Gasteiger partial charge in [-0.15, -0.1) is 11.3 Å². The molecular weight excluding hydrogens is 178 g/mol. The van der Waals surface area contributed by atoms with Gasteiger partial charge in [-0.1, -0.05) is 13.8 Å². The largest absolute Gasteiger partial charge is 0.246 e. The van der Waals surface area contributed by atoms with Crippen LogP contribution in [0.2, 0.25) is 0 Å². The van der Waals surface area contributed by atoms with Crippen LogP contribution in [0.1, 0.15) is 55.6 Å². The zero-order valence-corrected chi connectivity index (χ0v) is 9.03. The van der Waals surface area contributed by atoms with E-state index < -0.39 is 0 Å². The summed E-state index contributed by atoms with van der Waals surface area (Å²) in [5, 5.41) is 3.67. The predicted molar refractivity (Wildman–Crippen MR) is 55.2 cm³/mol. The van der Waals surface area contributed by atoms with E-state index in [1.165, 1.54) is 30.0 Å². The number of thiazole rings is 1. The first-order chi connectivity index (χ1) is 6.17. The third kappa shape index (κ3) is 1.32. The van der Waals surface area contributed by atoms with Gasteiger partial charge in [-0.3, -0.25) is 0 Å². The van der Waals surface area contributed by atoms with Crippen molar-refractivity contribution in [3.63, 3.8) is 0 Å². The quantitative estimate of drug-likeness (QED) is 0.700. The van der Waals surface area contributed by atoms with Crippen LogP contribution in [0.4, 0.5) is 0 Å². The normalized spacial score (nSPS) is 30.5. The van der Waals surface area contributed by atoms with Crippen LogP contribution < -0.4 is 0 Å². The maximum Gasteiger partial charge on any atom is 0.0964 e. The van der Waals surface area contributed by atoms with Gasteiger partial charge < -0.3 is 0 Å². The monoisotopic (exact) mass is 193 g/mol. The molecule has 1 heterocycles. The Morgan fingerprint density at radius 2 is 2.15 bits per heavy atom. The fraction of sp³-hybridized carbons (Fsp3) is 0.727. The fourth-order valence-corrected chi connectivity index (χ4v) is 3.13. The average Bonchev–Trinajstić information content (AvgIpc) is 2.95. The summed E-state index contributed by atoms with van der Waals surface area (Å²) in [6.45, 7) is 4.69. The number of hydrogen-bond donors (Lipinski definition) is 0. The molecule has 70 valence electrons. The molecule has 2 saturated carbocycles. The highest BCUT2D eigenvalue weighted by Crippen LogP contribution is 2.59. The van der Waals surface area contributed by atoms with Crippen molar-refractivity contribution in [3.8, 4) is 0 Å². The number of aromatic nitrogens is 1. The van der Waals surface area contributed by atoms with Crippen molar-refractivity contribution in [2.24, 2.45) is 5.41 Å². The molecular formula is C11H15NS. The summed E-state index contributed by atoms with van der Waals surface area (Å²) in [6, 6.07) is 0. The molecule has 1 aromatic heterocycles. The molecule has 3 rings (SSSR count). The van der Waals surface area contributed by atoms with Gasteiger partial charge in [-0.05, 0) is 24.7 Å². The summed E-state index contributed by atoms with van der Waals surface area (Å²) in [4.78, 5) is 4.75. The summed E-state index contributed by atoms with van der Waals surface area (Å²) in [7, 11) is 0. The Morgan fingerprint density at radius 3 is 2.69 bits per heavy atom. The second-order valence-electron chi connectivity index (χ2n) is 5.13. The standard InChI is InChI=1S/C11H15NS/c1-11(2)5-8(11)10-12-9(6-13-10)7-3-4-7/h6-8H,3-5H2,1-2H3. The molecule has 0 aromatic carbocycles. The molecule has 0 amide bonds. The van der Waals surface area contributed by atoms with Gasteiger partial charge in [0, 0.05) is 17.2 Å². The predicted octanol–water partition coefficient (Wildman–Crippen LogP) is 3.53. The lowest BCUT2D eigenvalue weighted by atomic mass is 10.1. The Balaban J connectivity index is 1.82. The first kappa shape index (κ1) is 7.98. The number of rotatable bonds is 2. The second kappa shape index (κ2) is 2.35. The minimum atomic E-state index is 0.540. The molecule has 1 aromatic rings. The van der Waals surface area contributed by atoms with Crippen molar-refractivity contribution in [2.45, 2.75) is 44.9 Å². The maximum absolute atomic E-state index is 4.75. The Hall–Kier alpha value is -0.370. The van der Waals surface area contributed by atoms with Gasteiger partial charge in [0.05, 0.1) is 10.7 Å². The van der Waals surface area contributed by atoms with E-state index in [0.717, 1.165) is 11.8 Å². The second-order valence-corrected chi connectivity index (χ2v) is 6.02. The van der Waals surface area contributed by atoms with Gasteiger partial charge in [-0.25, -0.2) is 4.98 Å². The molecule has 2 aliphatic carbocycles. The third-order valence-corrected chi connectivity index (χ3v) is 4.32. The van der Waals surface area contributed by atoms with Crippen LogP contribution in [-0.4, -0.2) is 4.98 Å². The molecule has 0 saturated heterocycles. The number of hydrogen-bond acceptors (Lipinski definition) is 2. The van der Waals surface area contributed by atoms with Crippen LogP contribution in [-0.2, 0) is 0 Å². The topological polar surface area (TPSA) is 12.9 Å². The smallest absolute Gasteiger partial charge is 0.0964 e. The SMILES string of the molecule is CC1(C)CC1c1nc(C2CC2)cs1. The molecule has 13 heavy (non-hydrogen) atoms. The van der Waals surface area contributed by atoms with Gasteiger partial charge in [-0.2, -0.15) is 0 Å². The van der Waals surface area contributed by atoms with E-state index in [0.29, 0.717) is 5.41 Å². The van der Waals surface area contributed by atoms with Crippen molar-refractivity contribution in [3.05, 3.63) is 16.1 Å². The van der Waals surface area contributed by atoms with Crippen molar-refractivity contribution in [1.82, 2.24) is 4.98 Å². The lowest BCUT2D eigenvalue weighted by molar-refractivity contribution is 0.620. The van der Waals surface area contributed by atoms with Gasteiger partial charge in [0.2, 0.25) is 0 Å². The summed E-state index contributed by atoms with van der Waals surface area (Å²) in [5.41, 5.74) is 1.92. The molecule has 1 nitrogen and oxygen atoms in total. The molecule has 0 aliphatic heterocycles. The van der Waals surface area contributed by atoms with E-state index in [-0.39, 0.29) is 0 Å². The highest BCUT2D eigenvalue weighted by Gasteiger charge is 2.48. The molecule has 2 aliphatic rings. The summed E-state index contributed by atoms with van der Waals surface area (Å²) >= 11 is 1.88. The van der Waals surface area contributed by atoms with Gasteiger partial charge >= 0.3 is 0 Å². The van der Waals surface area contributed by atoms with E-state index in [2.05, 4.69) is 19.2 Å². The Morgan fingerprint density at radius 1 is 1.46 bits per heavy atom. The number of nitrogens with zero attached hydrogens (tertiary/aromatic N) is 1. The maximum atomic E-state index is 4.75. The van der Waals surface area contributed by atoms with E-state index >= 15 is 0 Å². The molecule has 0 bridgehead atoms. The van der Waals surface area contributed by atoms with Crippen LogP contribution in [0.15, 0.2) is 5.38 Å². The average molecular weight is 193 g/mol. The summed E-state index contributed by atoms with van der Waals surface area (Å²) in [5.74, 6) is 1.59. The summed E-state index contributed by atoms with van der Waals surface area (Å²) < 4.78 is 0. The highest BCUT2D eigenvalue weighted by molar-refractivity contribution is 7.09. The fourth-order valence-electron chi connectivity index (χ4n) is 1.92. The molecule has 1 unspecified atom stereocenters. The van der Waals surface area contributed by atoms with Crippen LogP contribution in [0.5, 0.6) is 0 Å². The lowest BCUT2D eigenvalue weighted by Gasteiger charge is -1.97. The Kier molecular flexibility index (Phi) is 1.44. The molecule has 2 fully saturated rings.